The predicted octanol–water partition coefficient (Wildman–Crippen LogP) is 3.01. The maximum atomic E-state index is 11.5. The van der Waals surface area contributed by atoms with Gasteiger partial charge in [0.15, 0.2) is 5.13 Å². The van der Waals surface area contributed by atoms with Gasteiger partial charge in [-0.15, -0.1) is 0 Å². The van der Waals surface area contributed by atoms with E-state index in [4.69, 9.17) is 0 Å². The summed E-state index contributed by atoms with van der Waals surface area (Å²) in [5, 5.41) is 6.05. The molecule has 21 heavy (non-hydrogen) atoms. The molecule has 0 fully saturated rings. The van der Waals surface area contributed by atoms with Crippen molar-refractivity contribution in [2.24, 2.45) is 0 Å². The van der Waals surface area contributed by atoms with Crippen molar-refractivity contribution in [2.75, 3.05) is 32.5 Å². The molecule has 1 heterocycles. The summed E-state index contributed by atoms with van der Waals surface area (Å²) in [6, 6.07) is 5.87. The number of hydrogen-bond donors (Lipinski definition) is 2. The van der Waals surface area contributed by atoms with Gasteiger partial charge in [0.1, 0.15) is 0 Å². The highest BCUT2D eigenvalue weighted by Crippen LogP contribution is 2.27. The van der Waals surface area contributed by atoms with Gasteiger partial charge in [-0.25, -0.2) is 9.78 Å². The molecule has 0 radical (unpaired) electrons. The molecule has 2 amide bonds. The minimum absolute atomic E-state index is 0.220. The van der Waals surface area contributed by atoms with Crippen LogP contribution in [0.25, 0.3) is 16.3 Å². The second-order valence-corrected chi connectivity index (χ2v) is 5.93. The number of hydrogen-bond acceptors (Lipinski definition) is 4. The van der Waals surface area contributed by atoms with Crippen molar-refractivity contribution in [1.29, 1.82) is 0 Å². The summed E-state index contributed by atoms with van der Waals surface area (Å²) in [7, 11) is 4.08. The Morgan fingerprint density at radius 2 is 2.24 bits per heavy atom. The summed E-state index contributed by atoms with van der Waals surface area (Å²) in [6.07, 6.45) is 4.21. The van der Waals surface area contributed by atoms with Crippen LogP contribution in [0.3, 0.4) is 0 Å². The maximum absolute atomic E-state index is 11.5. The number of carbonyl (C=O) groups excluding carboxylic acids is 1. The van der Waals surface area contributed by atoms with Crippen LogP contribution in [0, 0.1) is 0 Å². The lowest BCUT2D eigenvalue weighted by atomic mass is 10.2. The lowest BCUT2D eigenvalue weighted by Gasteiger charge is -2.03. The van der Waals surface area contributed by atoms with Crippen LogP contribution in [-0.2, 0) is 0 Å². The van der Waals surface area contributed by atoms with E-state index in [2.05, 4.69) is 38.7 Å². The molecular weight excluding hydrogens is 284 g/mol. The summed E-state index contributed by atoms with van der Waals surface area (Å²) in [6.45, 7) is 3.38. The fourth-order valence-electron chi connectivity index (χ4n) is 1.80. The molecule has 0 saturated carbocycles. The van der Waals surface area contributed by atoms with Gasteiger partial charge in [-0.2, -0.15) is 0 Å². The molecule has 6 heteroatoms. The number of fused-ring (bicyclic) bond motifs is 1. The van der Waals surface area contributed by atoms with Crippen molar-refractivity contribution in [3.05, 3.63) is 29.8 Å². The molecule has 0 aliphatic carbocycles. The lowest BCUT2D eigenvalue weighted by Crippen LogP contribution is -2.28. The molecule has 0 aliphatic heterocycles. The Hall–Kier alpha value is -1.92. The van der Waals surface area contributed by atoms with E-state index in [1.54, 1.807) is 0 Å². The minimum Gasteiger partial charge on any atom is -0.338 e. The van der Waals surface area contributed by atoms with E-state index in [0.29, 0.717) is 11.7 Å². The summed E-state index contributed by atoms with van der Waals surface area (Å²) in [5.74, 6) is 0. The molecule has 0 unspecified atom stereocenters. The molecule has 1 aromatic heterocycles. The molecule has 0 bridgehead atoms. The number of rotatable bonds is 5. The van der Waals surface area contributed by atoms with E-state index >= 15 is 0 Å². The monoisotopic (exact) mass is 304 g/mol. The number of thiazole rings is 1. The van der Waals surface area contributed by atoms with Gasteiger partial charge in [-0.1, -0.05) is 29.6 Å². The zero-order valence-electron chi connectivity index (χ0n) is 12.5. The van der Waals surface area contributed by atoms with Gasteiger partial charge in [-0.3, -0.25) is 5.32 Å². The van der Waals surface area contributed by atoms with Crippen LogP contribution in [0.2, 0.25) is 0 Å². The molecule has 2 rings (SSSR count). The second-order valence-electron chi connectivity index (χ2n) is 4.90. The summed E-state index contributed by atoms with van der Waals surface area (Å²) < 4.78 is 1.06. The Labute approximate surface area is 128 Å². The van der Waals surface area contributed by atoms with E-state index in [1.165, 1.54) is 11.3 Å². The van der Waals surface area contributed by atoms with Crippen LogP contribution in [0.15, 0.2) is 24.3 Å². The predicted molar refractivity (Wildman–Crippen MR) is 89.9 cm³/mol. The van der Waals surface area contributed by atoms with Crippen LogP contribution in [0.5, 0.6) is 0 Å². The minimum atomic E-state index is -0.220. The van der Waals surface area contributed by atoms with Crippen molar-refractivity contribution in [3.8, 4) is 0 Å². The largest absolute Gasteiger partial charge is 0.338 e. The molecule has 2 N–H and O–H groups in total. The number of nitrogens with one attached hydrogen (secondary N) is 2. The number of anilines is 1. The third-order valence-corrected chi connectivity index (χ3v) is 3.68. The zero-order valence-corrected chi connectivity index (χ0v) is 13.3. The molecular formula is C15H20N4OS. The van der Waals surface area contributed by atoms with Gasteiger partial charge in [0, 0.05) is 13.1 Å². The Morgan fingerprint density at radius 1 is 1.43 bits per heavy atom. The van der Waals surface area contributed by atoms with Crippen LogP contribution in [-0.4, -0.2) is 43.1 Å². The smallest absolute Gasteiger partial charge is 0.321 e. The topological polar surface area (TPSA) is 57.3 Å². The van der Waals surface area contributed by atoms with Gasteiger partial charge in [-0.05, 0) is 38.7 Å². The number of nitrogens with zero attached hydrogens (tertiary/aromatic N) is 2. The molecule has 112 valence electrons. The highest BCUT2D eigenvalue weighted by atomic mass is 32.1. The number of urea groups is 1. The van der Waals surface area contributed by atoms with Gasteiger partial charge in [0.25, 0.3) is 0 Å². The number of amides is 2. The normalized spacial score (nSPS) is 11.4. The standard InChI is InChI=1S/C15H20N4OS/c1-4-16-14(20)18-15-17-12-8-7-11(10-13(12)21-15)6-5-9-19(2)3/h5-8,10H,4,9H2,1-3H3,(H2,16,17,18,20)/b6-5+. The first-order chi connectivity index (χ1) is 10.1. The van der Waals surface area contributed by atoms with Gasteiger partial charge in [0.2, 0.25) is 0 Å². The average molecular weight is 304 g/mol. The van der Waals surface area contributed by atoms with E-state index in [-0.39, 0.29) is 6.03 Å². The fourth-order valence-corrected chi connectivity index (χ4v) is 2.71. The summed E-state index contributed by atoms with van der Waals surface area (Å²) in [4.78, 5) is 18.0. The van der Waals surface area contributed by atoms with E-state index in [1.807, 2.05) is 33.2 Å². The first kappa shape index (κ1) is 15.5. The highest BCUT2D eigenvalue weighted by molar-refractivity contribution is 7.22. The number of aromatic nitrogens is 1. The number of benzene rings is 1. The zero-order chi connectivity index (χ0) is 15.2. The molecule has 1 aromatic carbocycles. The van der Waals surface area contributed by atoms with E-state index in [0.717, 1.165) is 22.3 Å². The molecule has 0 aliphatic rings. The third-order valence-electron chi connectivity index (χ3n) is 2.75. The van der Waals surface area contributed by atoms with Crippen LogP contribution in [0.4, 0.5) is 9.93 Å². The average Bonchev–Trinajstić information content (AvgIpc) is 2.79. The van der Waals surface area contributed by atoms with Crippen LogP contribution >= 0.6 is 11.3 Å². The van der Waals surface area contributed by atoms with E-state index in [9.17, 15) is 4.79 Å². The van der Waals surface area contributed by atoms with Gasteiger partial charge >= 0.3 is 6.03 Å². The molecule has 5 nitrogen and oxygen atoms in total. The van der Waals surface area contributed by atoms with E-state index < -0.39 is 0 Å². The van der Waals surface area contributed by atoms with Crippen molar-refractivity contribution in [2.45, 2.75) is 6.92 Å². The molecule has 2 aromatic rings. The molecule has 0 atom stereocenters. The second kappa shape index (κ2) is 7.19. The van der Waals surface area contributed by atoms with Crippen molar-refractivity contribution < 1.29 is 4.79 Å². The third kappa shape index (κ3) is 4.54. The molecule has 0 spiro atoms. The SMILES string of the molecule is CCNC(=O)Nc1nc2ccc(/C=C/CN(C)C)cc2s1. The first-order valence-corrected chi connectivity index (χ1v) is 7.67. The number of likely N-dealkylation sites (N-methyl/N-ethyl adjacent to an activating group) is 1. The first-order valence-electron chi connectivity index (χ1n) is 6.85. The Morgan fingerprint density at radius 3 is 2.95 bits per heavy atom. The van der Waals surface area contributed by atoms with Crippen molar-refractivity contribution in [1.82, 2.24) is 15.2 Å². The highest BCUT2D eigenvalue weighted by Gasteiger charge is 2.06. The van der Waals surface area contributed by atoms with Crippen molar-refractivity contribution in [3.63, 3.8) is 0 Å². The molecule has 0 saturated heterocycles. The Kier molecular flexibility index (Phi) is 5.30. The van der Waals surface area contributed by atoms with Crippen LogP contribution < -0.4 is 10.6 Å². The summed E-state index contributed by atoms with van der Waals surface area (Å²) >= 11 is 1.48. The summed E-state index contributed by atoms with van der Waals surface area (Å²) in [5.41, 5.74) is 2.04. The number of carbonyl (C=O) groups is 1. The fraction of sp³-hybridized carbons (Fsp3) is 0.333. The van der Waals surface area contributed by atoms with Gasteiger partial charge in [0.05, 0.1) is 10.2 Å². The van der Waals surface area contributed by atoms with Gasteiger partial charge < -0.3 is 10.2 Å². The van der Waals surface area contributed by atoms with Crippen molar-refractivity contribution >= 4 is 38.8 Å². The lowest BCUT2D eigenvalue weighted by molar-refractivity contribution is 0.252. The maximum Gasteiger partial charge on any atom is 0.321 e. The quantitative estimate of drug-likeness (QED) is 0.893. The van der Waals surface area contributed by atoms with Crippen LogP contribution in [0.1, 0.15) is 12.5 Å². The Bertz CT molecular complexity index is 648. The Balaban J connectivity index is 2.12.